The second kappa shape index (κ2) is 2.73. The van der Waals surface area contributed by atoms with Gasteiger partial charge in [0, 0.05) is 0 Å². The van der Waals surface area contributed by atoms with Crippen LogP contribution in [0.25, 0.3) is 0 Å². The van der Waals surface area contributed by atoms with Gasteiger partial charge in [-0.3, -0.25) is 4.79 Å². The molecule has 0 bridgehead atoms. The van der Waals surface area contributed by atoms with Crippen LogP contribution in [0.2, 0.25) is 0 Å². The number of carbonyl (C=O) groups is 1. The molecular weight excluding hydrogens is 154 g/mol. The third-order valence-corrected chi connectivity index (χ3v) is 2.61. The van der Waals surface area contributed by atoms with Gasteiger partial charge >= 0.3 is 5.97 Å². The molecule has 1 aliphatic heterocycles. The average molecular weight is 169 g/mol. The number of rotatable bonds is 2. The van der Waals surface area contributed by atoms with Crippen LogP contribution in [0, 0.1) is 11.8 Å². The summed E-state index contributed by atoms with van der Waals surface area (Å²) in [5, 5.41) is 3.19. The lowest BCUT2D eigenvalue weighted by molar-refractivity contribution is -0.150. The number of ether oxygens (including phenoxy) is 1. The largest absolute Gasteiger partial charge is 0.462 e. The molecule has 0 radical (unpaired) electrons. The van der Waals surface area contributed by atoms with Gasteiger partial charge in [-0.25, -0.2) is 0 Å². The van der Waals surface area contributed by atoms with E-state index in [1.807, 2.05) is 13.8 Å². The van der Waals surface area contributed by atoms with Gasteiger partial charge in [0.2, 0.25) is 0 Å². The summed E-state index contributed by atoms with van der Waals surface area (Å²) in [5.74, 6) is 1.28. The molecule has 3 unspecified atom stereocenters. The molecule has 1 N–H and O–H groups in total. The SMILES string of the molecule is CC(C)OC(=O)C1NCC2CC21. The van der Waals surface area contributed by atoms with Crippen molar-refractivity contribution in [3.8, 4) is 0 Å². The Balaban J connectivity index is 1.87. The van der Waals surface area contributed by atoms with E-state index >= 15 is 0 Å². The van der Waals surface area contributed by atoms with Crippen LogP contribution in [-0.2, 0) is 9.53 Å². The standard InChI is InChI=1S/C9H15NO2/c1-5(2)12-9(11)8-7-3-6(7)4-10-8/h5-8,10H,3-4H2,1-2H3. The van der Waals surface area contributed by atoms with Crippen molar-refractivity contribution in [1.29, 1.82) is 0 Å². The summed E-state index contributed by atoms with van der Waals surface area (Å²) in [6.45, 7) is 4.77. The molecule has 0 amide bonds. The Labute approximate surface area is 72.5 Å². The Morgan fingerprint density at radius 1 is 1.58 bits per heavy atom. The summed E-state index contributed by atoms with van der Waals surface area (Å²) in [6, 6.07) is -0.00241. The van der Waals surface area contributed by atoms with E-state index in [0.29, 0.717) is 5.92 Å². The lowest BCUT2D eigenvalue weighted by Crippen LogP contribution is -2.37. The highest BCUT2D eigenvalue weighted by Gasteiger charge is 2.51. The first-order valence-electron chi connectivity index (χ1n) is 4.62. The van der Waals surface area contributed by atoms with Gasteiger partial charge in [0.05, 0.1) is 6.10 Å². The second-order valence-corrected chi connectivity index (χ2v) is 4.03. The van der Waals surface area contributed by atoms with E-state index in [0.717, 1.165) is 12.5 Å². The highest BCUT2D eigenvalue weighted by atomic mass is 16.5. The van der Waals surface area contributed by atoms with Crippen molar-refractivity contribution >= 4 is 5.97 Å². The zero-order valence-electron chi connectivity index (χ0n) is 7.54. The van der Waals surface area contributed by atoms with E-state index in [1.54, 1.807) is 0 Å². The Morgan fingerprint density at radius 2 is 2.33 bits per heavy atom. The minimum absolute atomic E-state index is 0.00241. The van der Waals surface area contributed by atoms with E-state index in [4.69, 9.17) is 4.74 Å². The molecule has 1 saturated heterocycles. The third kappa shape index (κ3) is 1.33. The fourth-order valence-corrected chi connectivity index (χ4v) is 1.91. The van der Waals surface area contributed by atoms with Gasteiger partial charge < -0.3 is 10.1 Å². The number of carbonyl (C=O) groups excluding carboxylic acids is 1. The molecule has 12 heavy (non-hydrogen) atoms. The van der Waals surface area contributed by atoms with Gasteiger partial charge in [-0.1, -0.05) is 0 Å². The number of esters is 1. The monoisotopic (exact) mass is 169 g/mol. The Bertz CT molecular complexity index is 203. The van der Waals surface area contributed by atoms with Crippen LogP contribution in [0.5, 0.6) is 0 Å². The number of fused-ring (bicyclic) bond motifs is 1. The summed E-state index contributed by atoms with van der Waals surface area (Å²) >= 11 is 0. The smallest absolute Gasteiger partial charge is 0.323 e. The predicted molar refractivity (Wildman–Crippen MR) is 44.6 cm³/mol. The van der Waals surface area contributed by atoms with Crippen LogP contribution in [0.4, 0.5) is 0 Å². The Morgan fingerprint density at radius 3 is 2.75 bits per heavy atom. The molecular formula is C9H15NO2. The zero-order chi connectivity index (χ0) is 8.72. The summed E-state index contributed by atoms with van der Waals surface area (Å²) < 4.78 is 5.13. The molecule has 0 aromatic rings. The van der Waals surface area contributed by atoms with E-state index in [9.17, 15) is 4.79 Å². The highest BCUT2D eigenvalue weighted by Crippen LogP contribution is 2.45. The summed E-state index contributed by atoms with van der Waals surface area (Å²) in [6.07, 6.45) is 1.22. The van der Waals surface area contributed by atoms with Crippen LogP contribution in [0.1, 0.15) is 20.3 Å². The van der Waals surface area contributed by atoms with Gasteiger partial charge in [-0.15, -0.1) is 0 Å². The van der Waals surface area contributed by atoms with Crippen molar-refractivity contribution in [3.05, 3.63) is 0 Å². The topological polar surface area (TPSA) is 38.3 Å². The lowest BCUT2D eigenvalue weighted by atomic mass is 10.2. The minimum Gasteiger partial charge on any atom is -0.462 e. The molecule has 2 rings (SSSR count). The highest BCUT2D eigenvalue weighted by molar-refractivity contribution is 5.77. The van der Waals surface area contributed by atoms with E-state index < -0.39 is 0 Å². The quantitative estimate of drug-likeness (QED) is 0.613. The Kier molecular flexibility index (Phi) is 1.83. The van der Waals surface area contributed by atoms with Crippen molar-refractivity contribution in [2.45, 2.75) is 32.4 Å². The van der Waals surface area contributed by atoms with Gasteiger partial charge in [-0.05, 0) is 38.6 Å². The van der Waals surface area contributed by atoms with Gasteiger partial charge in [-0.2, -0.15) is 0 Å². The molecule has 1 saturated carbocycles. The normalized spacial score (nSPS) is 38.1. The lowest BCUT2D eigenvalue weighted by Gasteiger charge is -2.14. The maximum atomic E-state index is 11.4. The van der Waals surface area contributed by atoms with Gasteiger partial charge in [0.1, 0.15) is 6.04 Å². The first-order chi connectivity index (χ1) is 5.68. The molecule has 0 aromatic carbocycles. The fraction of sp³-hybridized carbons (Fsp3) is 0.889. The number of hydrogen-bond acceptors (Lipinski definition) is 3. The van der Waals surface area contributed by atoms with E-state index in [2.05, 4.69) is 5.32 Å². The maximum Gasteiger partial charge on any atom is 0.323 e. The molecule has 68 valence electrons. The average Bonchev–Trinajstić information content (AvgIpc) is 2.61. The molecule has 1 heterocycles. The first-order valence-corrected chi connectivity index (χ1v) is 4.62. The molecule has 3 heteroatoms. The first kappa shape index (κ1) is 8.05. The second-order valence-electron chi connectivity index (χ2n) is 4.03. The molecule has 2 fully saturated rings. The summed E-state index contributed by atoms with van der Waals surface area (Å²) in [4.78, 5) is 11.4. The van der Waals surface area contributed by atoms with Gasteiger partial charge in [0.25, 0.3) is 0 Å². The molecule has 0 aromatic heterocycles. The number of hydrogen-bond donors (Lipinski definition) is 1. The van der Waals surface area contributed by atoms with E-state index in [1.165, 1.54) is 6.42 Å². The van der Waals surface area contributed by atoms with Gasteiger partial charge in [0.15, 0.2) is 0 Å². The van der Waals surface area contributed by atoms with Crippen LogP contribution < -0.4 is 5.32 Å². The fourth-order valence-electron chi connectivity index (χ4n) is 1.91. The van der Waals surface area contributed by atoms with Crippen LogP contribution in [0.3, 0.4) is 0 Å². The Hall–Kier alpha value is -0.570. The number of piperidine rings is 1. The maximum absolute atomic E-state index is 11.4. The molecule has 2 aliphatic rings. The van der Waals surface area contributed by atoms with Crippen molar-refractivity contribution < 1.29 is 9.53 Å². The zero-order valence-corrected chi connectivity index (χ0v) is 7.54. The summed E-state index contributed by atoms with van der Waals surface area (Å²) in [5.41, 5.74) is 0. The van der Waals surface area contributed by atoms with Crippen molar-refractivity contribution in [3.63, 3.8) is 0 Å². The number of nitrogens with one attached hydrogen (secondary N) is 1. The van der Waals surface area contributed by atoms with Crippen LogP contribution in [0.15, 0.2) is 0 Å². The van der Waals surface area contributed by atoms with E-state index in [-0.39, 0.29) is 18.1 Å². The van der Waals surface area contributed by atoms with Crippen LogP contribution in [-0.4, -0.2) is 24.7 Å². The minimum atomic E-state index is -0.0602. The van der Waals surface area contributed by atoms with Crippen molar-refractivity contribution in [2.24, 2.45) is 11.8 Å². The van der Waals surface area contributed by atoms with Crippen molar-refractivity contribution in [2.75, 3.05) is 6.54 Å². The predicted octanol–water partition coefficient (Wildman–Crippen LogP) is 0.546. The van der Waals surface area contributed by atoms with Crippen LogP contribution >= 0.6 is 0 Å². The molecule has 1 aliphatic carbocycles. The van der Waals surface area contributed by atoms with Crippen molar-refractivity contribution in [1.82, 2.24) is 5.32 Å². The molecule has 3 atom stereocenters. The third-order valence-electron chi connectivity index (χ3n) is 2.61. The molecule has 3 nitrogen and oxygen atoms in total. The molecule has 0 spiro atoms. The summed E-state index contributed by atoms with van der Waals surface area (Å²) in [7, 11) is 0.